The Morgan fingerprint density at radius 1 is 1.57 bits per heavy atom. The number of pyridine rings is 1. The van der Waals surface area contributed by atoms with E-state index in [1.807, 2.05) is 12.3 Å². The number of hydrogen-bond acceptors (Lipinski definition) is 2. The summed E-state index contributed by atoms with van der Waals surface area (Å²) in [5.74, 6) is 1.76. The Morgan fingerprint density at radius 3 is 2.86 bits per heavy atom. The molecule has 0 amide bonds. The summed E-state index contributed by atoms with van der Waals surface area (Å²) in [6.45, 7) is 2.33. The van der Waals surface area contributed by atoms with Crippen LogP contribution in [0.5, 0.6) is 0 Å². The van der Waals surface area contributed by atoms with Gasteiger partial charge in [0.25, 0.3) is 0 Å². The third kappa shape index (κ3) is 2.13. The summed E-state index contributed by atoms with van der Waals surface area (Å²) < 4.78 is 0. The maximum absolute atomic E-state index is 4.36. The number of nitrogens with one attached hydrogen (secondary N) is 1. The van der Waals surface area contributed by atoms with E-state index in [0.717, 1.165) is 18.3 Å². The van der Waals surface area contributed by atoms with Crippen molar-refractivity contribution in [3.05, 3.63) is 30.1 Å². The van der Waals surface area contributed by atoms with Crippen LogP contribution in [-0.2, 0) is 6.42 Å². The SMILES string of the molecule is CNC(Cc1ccccn1)C1CC1C. The Morgan fingerprint density at radius 2 is 2.36 bits per heavy atom. The molecule has 0 radical (unpaired) electrons. The van der Waals surface area contributed by atoms with Crippen LogP contribution >= 0.6 is 0 Å². The first-order chi connectivity index (χ1) is 6.81. The highest BCUT2D eigenvalue weighted by atomic mass is 14.9. The molecule has 1 saturated carbocycles. The van der Waals surface area contributed by atoms with Crippen LogP contribution < -0.4 is 5.32 Å². The minimum absolute atomic E-state index is 0.611. The van der Waals surface area contributed by atoms with Crippen molar-refractivity contribution in [2.75, 3.05) is 7.05 Å². The average Bonchev–Trinajstić information content (AvgIpc) is 2.93. The van der Waals surface area contributed by atoms with Gasteiger partial charge in [0.2, 0.25) is 0 Å². The minimum atomic E-state index is 0.611. The molecule has 1 aliphatic carbocycles. The summed E-state index contributed by atoms with van der Waals surface area (Å²) in [6.07, 6.45) is 4.31. The molecule has 14 heavy (non-hydrogen) atoms. The van der Waals surface area contributed by atoms with E-state index >= 15 is 0 Å². The summed E-state index contributed by atoms with van der Waals surface area (Å²) in [7, 11) is 2.05. The van der Waals surface area contributed by atoms with Gasteiger partial charge >= 0.3 is 0 Å². The lowest BCUT2D eigenvalue weighted by Gasteiger charge is -2.14. The van der Waals surface area contributed by atoms with E-state index in [4.69, 9.17) is 0 Å². The second-order valence-electron chi connectivity index (χ2n) is 4.30. The molecule has 2 rings (SSSR count). The third-order valence-electron chi connectivity index (χ3n) is 3.21. The van der Waals surface area contributed by atoms with Gasteiger partial charge in [0.05, 0.1) is 0 Å². The van der Waals surface area contributed by atoms with Crippen molar-refractivity contribution in [3.63, 3.8) is 0 Å². The van der Waals surface area contributed by atoms with Crippen LogP contribution in [0.3, 0.4) is 0 Å². The number of rotatable bonds is 4. The molecule has 1 fully saturated rings. The fraction of sp³-hybridized carbons (Fsp3) is 0.583. The first-order valence-electron chi connectivity index (χ1n) is 5.38. The van der Waals surface area contributed by atoms with E-state index in [2.05, 4.69) is 36.4 Å². The van der Waals surface area contributed by atoms with Gasteiger partial charge in [0.1, 0.15) is 0 Å². The van der Waals surface area contributed by atoms with Gasteiger partial charge < -0.3 is 5.32 Å². The van der Waals surface area contributed by atoms with E-state index in [1.54, 1.807) is 0 Å². The monoisotopic (exact) mass is 190 g/mol. The second-order valence-corrected chi connectivity index (χ2v) is 4.30. The molecule has 1 aliphatic rings. The maximum atomic E-state index is 4.36. The van der Waals surface area contributed by atoms with Crippen molar-refractivity contribution < 1.29 is 0 Å². The van der Waals surface area contributed by atoms with Crippen molar-refractivity contribution in [1.29, 1.82) is 0 Å². The van der Waals surface area contributed by atoms with Gasteiger partial charge in [-0.25, -0.2) is 0 Å². The van der Waals surface area contributed by atoms with Crippen molar-refractivity contribution in [1.82, 2.24) is 10.3 Å². The van der Waals surface area contributed by atoms with Gasteiger partial charge in [-0.3, -0.25) is 4.98 Å². The zero-order valence-corrected chi connectivity index (χ0v) is 8.90. The molecule has 0 aliphatic heterocycles. The summed E-state index contributed by atoms with van der Waals surface area (Å²) >= 11 is 0. The molecule has 3 atom stereocenters. The summed E-state index contributed by atoms with van der Waals surface area (Å²) in [5, 5.41) is 3.40. The first-order valence-corrected chi connectivity index (χ1v) is 5.38. The van der Waals surface area contributed by atoms with E-state index in [9.17, 15) is 0 Å². The molecule has 2 heteroatoms. The number of likely N-dealkylation sites (N-methyl/N-ethyl adjacent to an activating group) is 1. The van der Waals surface area contributed by atoms with Crippen LogP contribution in [0.25, 0.3) is 0 Å². The number of hydrogen-bond donors (Lipinski definition) is 1. The Bertz CT molecular complexity index is 284. The van der Waals surface area contributed by atoms with Crippen molar-refractivity contribution in [2.45, 2.75) is 25.8 Å². The molecule has 2 nitrogen and oxygen atoms in total. The van der Waals surface area contributed by atoms with Crippen LogP contribution in [0.2, 0.25) is 0 Å². The summed E-state index contributed by atoms with van der Waals surface area (Å²) in [6, 6.07) is 6.75. The van der Waals surface area contributed by atoms with Crippen LogP contribution in [0.4, 0.5) is 0 Å². The van der Waals surface area contributed by atoms with Gasteiger partial charge in [0, 0.05) is 24.4 Å². The van der Waals surface area contributed by atoms with Gasteiger partial charge in [-0.05, 0) is 37.4 Å². The Hall–Kier alpha value is -0.890. The fourth-order valence-corrected chi connectivity index (χ4v) is 2.12. The summed E-state index contributed by atoms with van der Waals surface area (Å²) in [5.41, 5.74) is 1.20. The average molecular weight is 190 g/mol. The van der Waals surface area contributed by atoms with Crippen LogP contribution in [0.1, 0.15) is 19.0 Å². The predicted molar refractivity (Wildman–Crippen MR) is 58.1 cm³/mol. The highest BCUT2D eigenvalue weighted by Crippen LogP contribution is 2.41. The fourth-order valence-electron chi connectivity index (χ4n) is 2.12. The van der Waals surface area contributed by atoms with Crippen molar-refractivity contribution in [2.24, 2.45) is 11.8 Å². The molecular weight excluding hydrogens is 172 g/mol. The molecule has 1 heterocycles. The molecule has 0 aromatic carbocycles. The van der Waals surface area contributed by atoms with E-state index in [0.29, 0.717) is 6.04 Å². The lowest BCUT2D eigenvalue weighted by atomic mass is 10.1. The molecule has 0 bridgehead atoms. The number of nitrogens with zero attached hydrogens (tertiary/aromatic N) is 1. The van der Waals surface area contributed by atoms with Crippen LogP contribution in [0.15, 0.2) is 24.4 Å². The highest BCUT2D eigenvalue weighted by molar-refractivity contribution is 5.07. The van der Waals surface area contributed by atoms with E-state index in [-0.39, 0.29) is 0 Å². The molecule has 0 spiro atoms. The van der Waals surface area contributed by atoms with Crippen molar-refractivity contribution >= 4 is 0 Å². The maximum Gasteiger partial charge on any atom is 0.0419 e. The standard InChI is InChI=1S/C12H18N2/c1-9-7-11(9)12(13-2)8-10-5-3-4-6-14-10/h3-6,9,11-13H,7-8H2,1-2H3. The zero-order valence-electron chi connectivity index (χ0n) is 8.90. The molecular formula is C12H18N2. The van der Waals surface area contributed by atoms with Gasteiger partial charge in [-0.15, -0.1) is 0 Å². The molecule has 76 valence electrons. The van der Waals surface area contributed by atoms with Crippen LogP contribution in [0, 0.1) is 11.8 Å². The summed E-state index contributed by atoms with van der Waals surface area (Å²) in [4.78, 5) is 4.36. The van der Waals surface area contributed by atoms with Crippen molar-refractivity contribution in [3.8, 4) is 0 Å². The highest BCUT2D eigenvalue weighted by Gasteiger charge is 2.38. The van der Waals surface area contributed by atoms with E-state index < -0.39 is 0 Å². The lowest BCUT2D eigenvalue weighted by molar-refractivity contribution is 0.475. The minimum Gasteiger partial charge on any atom is -0.316 e. The molecule has 1 N–H and O–H groups in total. The molecule has 1 aromatic heterocycles. The largest absolute Gasteiger partial charge is 0.316 e. The van der Waals surface area contributed by atoms with Gasteiger partial charge in [0.15, 0.2) is 0 Å². The Kier molecular flexibility index (Phi) is 2.82. The van der Waals surface area contributed by atoms with Gasteiger partial charge in [-0.2, -0.15) is 0 Å². The normalized spacial score (nSPS) is 27.3. The lowest BCUT2D eigenvalue weighted by Crippen LogP contribution is -2.30. The Labute approximate surface area is 85.7 Å². The van der Waals surface area contributed by atoms with Crippen LogP contribution in [-0.4, -0.2) is 18.1 Å². The predicted octanol–water partition coefficient (Wildman–Crippen LogP) is 1.87. The third-order valence-corrected chi connectivity index (χ3v) is 3.21. The second kappa shape index (κ2) is 4.09. The topological polar surface area (TPSA) is 24.9 Å². The smallest absolute Gasteiger partial charge is 0.0419 e. The number of aromatic nitrogens is 1. The van der Waals surface area contributed by atoms with E-state index in [1.165, 1.54) is 12.1 Å². The van der Waals surface area contributed by atoms with Gasteiger partial charge in [-0.1, -0.05) is 13.0 Å². The molecule has 3 unspecified atom stereocenters. The Balaban J connectivity index is 1.95. The molecule has 0 saturated heterocycles. The first kappa shape index (κ1) is 9.66. The molecule has 1 aromatic rings. The quantitative estimate of drug-likeness (QED) is 0.784. The zero-order chi connectivity index (χ0) is 9.97.